The van der Waals surface area contributed by atoms with Gasteiger partial charge in [0, 0.05) is 32.7 Å². The van der Waals surface area contributed by atoms with Gasteiger partial charge in [-0.25, -0.2) is 0 Å². The molecule has 0 aliphatic carbocycles. The zero-order valence-electron chi connectivity index (χ0n) is 8.31. The minimum absolute atomic E-state index is 0.781. The van der Waals surface area contributed by atoms with Gasteiger partial charge in [0.25, 0.3) is 0 Å². The van der Waals surface area contributed by atoms with Gasteiger partial charge in [0.2, 0.25) is 0 Å². The van der Waals surface area contributed by atoms with E-state index in [0.717, 1.165) is 49.1 Å². The van der Waals surface area contributed by atoms with Crippen molar-refractivity contribution in [1.82, 2.24) is 20.4 Å². The molecule has 0 radical (unpaired) electrons. The summed E-state index contributed by atoms with van der Waals surface area (Å²) in [5.74, 6) is 0. The van der Waals surface area contributed by atoms with Gasteiger partial charge in [-0.2, -0.15) is 5.10 Å². The van der Waals surface area contributed by atoms with Gasteiger partial charge in [-0.05, 0) is 6.92 Å². The van der Waals surface area contributed by atoms with E-state index in [1.807, 2.05) is 6.92 Å². The van der Waals surface area contributed by atoms with E-state index >= 15 is 0 Å². The molecule has 2 N–H and O–H groups in total. The van der Waals surface area contributed by atoms with E-state index in [4.69, 9.17) is 11.6 Å². The maximum atomic E-state index is 6.09. The molecule has 0 atom stereocenters. The number of hydrogen-bond donors (Lipinski definition) is 2. The summed E-state index contributed by atoms with van der Waals surface area (Å²) in [4.78, 5) is 2.37. The van der Waals surface area contributed by atoms with Gasteiger partial charge in [0.1, 0.15) is 0 Å². The molecule has 4 nitrogen and oxygen atoms in total. The van der Waals surface area contributed by atoms with Crippen LogP contribution in [-0.2, 0) is 6.54 Å². The molecule has 5 heteroatoms. The lowest BCUT2D eigenvalue weighted by atomic mass is 10.3. The van der Waals surface area contributed by atoms with E-state index in [2.05, 4.69) is 20.4 Å². The summed E-state index contributed by atoms with van der Waals surface area (Å²) in [6.07, 6.45) is 0. The molecule has 0 saturated carbocycles. The van der Waals surface area contributed by atoms with Crippen molar-refractivity contribution < 1.29 is 0 Å². The second-order valence-electron chi connectivity index (χ2n) is 3.63. The Bertz CT molecular complexity index is 304. The Kier molecular flexibility index (Phi) is 3.05. The number of rotatable bonds is 2. The quantitative estimate of drug-likeness (QED) is 0.765. The largest absolute Gasteiger partial charge is 0.314 e. The number of aryl methyl sites for hydroxylation is 1. The number of piperazine rings is 1. The minimum Gasteiger partial charge on any atom is -0.314 e. The van der Waals surface area contributed by atoms with E-state index < -0.39 is 0 Å². The average Bonchev–Trinajstić information content (AvgIpc) is 2.52. The van der Waals surface area contributed by atoms with Gasteiger partial charge in [-0.15, -0.1) is 0 Å². The van der Waals surface area contributed by atoms with E-state index in [1.165, 1.54) is 0 Å². The fourth-order valence-corrected chi connectivity index (χ4v) is 1.81. The van der Waals surface area contributed by atoms with Crippen LogP contribution >= 0.6 is 11.6 Å². The number of H-pyrrole nitrogens is 1. The maximum Gasteiger partial charge on any atom is 0.0857 e. The maximum absolute atomic E-state index is 6.09. The number of nitrogens with one attached hydrogen (secondary N) is 2. The van der Waals surface area contributed by atoms with Crippen LogP contribution in [0.25, 0.3) is 0 Å². The van der Waals surface area contributed by atoms with Crippen molar-refractivity contribution in [2.24, 2.45) is 0 Å². The Balaban J connectivity index is 1.99. The number of aromatic amines is 1. The van der Waals surface area contributed by atoms with Gasteiger partial charge < -0.3 is 5.32 Å². The highest BCUT2D eigenvalue weighted by atomic mass is 35.5. The summed E-state index contributed by atoms with van der Waals surface area (Å²) >= 11 is 6.09. The first-order valence-corrected chi connectivity index (χ1v) is 5.27. The highest BCUT2D eigenvalue weighted by molar-refractivity contribution is 6.31. The van der Waals surface area contributed by atoms with Crippen LogP contribution in [0, 0.1) is 6.92 Å². The number of nitrogens with zero attached hydrogens (tertiary/aromatic N) is 2. The molecule has 0 spiro atoms. The average molecular weight is 215 g/mol. The topological polar surface area (TPSA) is 44.0 Å². The lowest BCUT2D eigenvalue weighted by Gasteiger charge is -2.26. The number of halogens is 1. The van der Waals surface area contributed by atoms with Crippen LogP contribution in [0.2, 0.25) is 5.02 Å². The van der Waals surface area contributed by atoms with Gasteiger partial charge in [-0.3, -0.25) is 10.00 Å². The molecule has 1 aliphatic heterocycles. The van der Waals surface area contributed by atoms with Crippen molar-refractivity contribution >= 4 is 11.6 Å². The zero-order chi connectivity index (χ0) is 9.97. The molecule has 0 unspecified atom stereocenters. The molecular formula is C9H15ClN4. The molecule has 1 aromatic rings. The summed E-state index contributed by atoms with van der Waals surface area (Å²) in [6.45, 7) is 7.07. The molecule has 2 heterocycles. The van der Waals surface area contributed by atoms with Crippen molar-refractivity contribution in [2.75, 3.05) is 26.2 Å². The Labute approximate surface area is 88.6 Å². The summed E-state index contributed by atoms with van der Waals surface area (Å²) in [6, 6.07) is 0. The van der Waals surface area contributed by atoms with Gasteiger partial charge in [-0.1, -0.05) is 11.6 Å². The molecular weight excluding hydrogens is 200 g/mol. The van der Waals surface area contributed by atoms with Crippen LogP contribution in [0.5, 0.6) is 0 Å². The van der Waals surface area contributed by atoms with Crippen LogP contribution in [-0.4, -0.2) is 41.3 Å². The van der Waals surface area contributed by atoms with Crippen molar-refractivity contribution in [3.63, 3.8) is 0 Å². The van der Waals surface area contributed by atoms with E-state index in [1.54, 1.807) is 0 Å². The summed E-state index contributed by atoms with van der Waals surface area (Å²) in [7, 11) is 0. The molecule has 1 aliphatic rings. The first-order valence-electron chi connectivity index (χ1n) is 4.90. The van der Waals surface area contributed by atoms with Crippen molar-refractivity contribution in [2.45, 2.75) is 13.5 Å². The van der Waals surface area contributed by atoms with Crippen LogP contribution in [0.3, 0.4) is 0 Å². The molecule has 1 fully saturated rings. The van der Waals surface area contributed by atoms with Gasteiger partial charge in [0.05, 0.1) is 16.4 Å². The molecule has 0 bridgehead atoms. The third kappa shape index (κ3) is 2.08. The standard InChI is InChI=1S/C9H15ClN4/c1-7-9(10)8(13-12-7)6-14-4-2-11-3-5-14/h11H,2-6H2,1H3,(H,12,13). The lowest BCUT2D eigenvalue weighted by Crippen LogP contribution is -2.43. The Hall–Kier alpha value is -0.580. The van der Waals surface area contributed by atoms with Crippen LogP contribution in [0.1, 0.15) is 11.4 Å². The summed E-state index contributed by atoms with van der Waals surface area (Å²) < 4.78 is 0. The van der Waals surface area contributed by atoms with Crippen LogP contribution < -0.4 is 5.32 Å². The number of hydrogen-bond acceptors (Lipinski definition) is 3. The van der Waals surface area contributed by atoms with Crippen molar-refractivity contribution in [3.05, 3.63) is 16.4 Å². The predicted molar refractivity (Wildman–Crippen MR) is 56.5 cm³/mol. The third-order valence-electron chi connectivity index (χ3n) is 2.53. The Morgan fingerprint density at radius 2 is 2.14 bits per heavy atom. The normalized spacial score (nSPS) is 18.7. The molecule has 78 valence electrons. The van der Waals surface area contributed by atoms with Crippen molar-refractivity contribution in [1.29, 1.82) is 0 Å². The minimum atomic E-state index is 0.781. The molecule has 0 aromatic carbocycles. The molecule has 2 rings (SSSR count). The summed E-state index contributed by atoms with van der Waals surface area (Å²) in [5, 5.41) is 11.2. The molecule has 14 heavy (non-hydrogen) atoms. The SMILES string of the molecule is Cc1n[nH]c(CN2CCNCC2)c1Cl. The Morgan fingerprint density at radius 1 is 1.43 bits per heavy atom. The smallest absolute Gasteiger partial charge is 0.0857 e. The van der Waals surface area contributed by atoms with E-state index in [0.29, 0.717) is 0 Å². The molecule has 1 saturated heterocycles. The second-order valence-corrected chi connectivity index (χ2v) is 4.01. The fourth-order valence-electron chi connectivity index (χ4n) is 1.67. The highest BCUT2D eigenvalue weighted by Gasteiger charge is 2.14. The first kappa shape index (κ1) is 9.96. The van der Waals surface area contributed by atoms with Gasteiger partial charge >= 0.3 is 0 Å². The van der Waals surface area contributed by atoms with E-state index in [-0.39, 0.29) is 0 Å². The Morgan fingerprint density at radius 3 is 2.71 bits per heavy atom. The third-order valence-corrected chi connectivity index (χ3v) is 3.03. The monoisotopic (exact) mass is 214 g/mol. The molecule has 0 amide bonds. The van der Waals surface area contributed by atoms with E-state index in [9.17, 15) is 0 Å². The lowest BCUT2D eigenvalue weighted by molar-refractivity contribution is 0.230. The summed E-state index contributed by atoms with van der Waals surface area (Å²) in [5.41, 5.74) is 1.92. The highest BCUT2D eigenvalue weighted by Crippen LogP contribution is 2.18. The predicted octanol–water partition coefficient (Wildman–Crippen LogP) is 0.777. The van der Waals surface area contributed by atoms with Crippen LogP contribution in [0.4, 0.5) is 0 Å². The fraction of sp³-hybridized carbons (Fsp3) is 0.667. The van der Waals surface area contributed by atoms with Crippen molar-refractivity contribution in [3.8, 4) is 0 Å². The number of aromatic nitrogens is 2. The first-order chi connectivity index (χ1) is 6.77. The van der Waals surface area contributed by atoms with Gasteiger partial charge in [0.15, 0.2) is 0 Å². The zero-order valence-corrected chi connectivity index (χ0v) is 9.06. The second kappa shape index (κ2) is 4.29. The molecule has 1 aromatic heterocycles. The van der Waals surface area contributed by atoms with Crippen LogP contribution in [0.15, 0.2) is 0 Å².